The highest BCUT2D eigenvalue weighted by Gasteiger charge is 2.35. The molecule has 0 heterocycles. The zero-order chi connectivity index (χ0) is 9.83. The number of hydrogen-bond donors (Lipinski definition) is 0. The Kier molecular flexibility index (Phi) is 3.97. The van der Waals surface area contributed by atoms with E-state index in [0.29, 0.717) is 0 Å². The molecule has 0 atom stereocenters. The monoisotopic (exact) mass is 189 g/mol. The van der Waals surface area contributed by atoms with Crippen LogP contribution in [0.5, 0.6) is 0 Å². The third kappa shape index (κ3) is 3.27. The fourth-order valence-electron chi connectivity index (χ4n) is 0.475. The third-order valence-corrected chi connectivity index (χ3v) is 2.42. The topological polar surface area (TPSA) is 35.5 Å². The second-order valence-corrected chi connectivity index (χ2v) is 3.42. The molecular weight excluding hydrogens is 177 g/mol. The van der Waals surface area contributed by atoms with Crippen LogP contribution in [0.4, 0.5) is 8.78 Å². The van der Waals surface area contributed by atoms with Crippen LogP contribution in [0.15, 0.2) is 0 Å². The van der Waals surface area contributed by atoms with Crippen molar-refractivity contribution in [2.75, 3.05) is 13.2 Å². The minimum absolute atomic E-state index is 0.175. The maximum atomic E-state index is 12.3. The van der Waals surface area contributed by atoms with Crippen LogP contribution < -0.4 is 0 Å². The molecule has 6 heteroatoms. The second-order valence-electron chi connectivity index (χ2n) is 1.57. The summed E-state index contributed by atoms with van der Waals surface area (Å²) in [6.07, 6.45) is -4.18. The summed E-state index contributed by atoms with van der Waals surface area (Å²) >= 11 is 0. The first-order valence-corrected chi connectivity index (χ1v) is 4.68. The molecule has 0 aliphatic rings. The van der Waals surface area contributed by atoms with Gasteiger partial charge in [0.1, 0.15) is 1.37 Å². The minimum atomic E-state index is -4.57. The van der Waals surface area contributed by atoms with Crippen molar-refractivity contribution in [2.45, 2.75) is 20.0 Å². The van der Waals surface area contributed by atoms with E-state index in [4.69, 9.17) is 1.37 Å². The van der Waals surface area contributed by atoms with E-state index >= 15 is 0 Å². The molecule has 0 aliphatic carbocycles. The molecule has 0 radical (unpaired) electrons. The molecule has 0 rings (SSSR count). The summed E-state index contributed by atoms with van der Waals surface area (Å²) in [5.74, 6) is 0. The Morgan fingerprint density at radius 1 is 1.45 bits per heavy atom. The van der Waals surface area contributed by atoms with Crippen LogP contribution in [0.1, 0.15) is 15.2 Å². The Bertz CT molecular complexity index is 172. The predicted octanol–water partition coefficient (Wildman–Crippen LogP) is 2.48. The van der Waals surface area contributed by atoms with Crippen LogP contribution in [0, 0.1) is 0 Å². The predicted molar refractivity (Wildman–Crippen MR) is 36.9 cm³/mol. The van der Waals surface area contributed by atoms with Gasteiger partial charge in [0.15, 0.2) is 0 Å². The Morgan fingerprint density at radius 3 is 2.00 bits per heavy atom. The highest BCUT2D eigenvalue weighted by molar-refractivity contribution is 7.54. The van der Waals surface area contributed by atoms with Crippen molar-refractivity contribution >= 4 is 7.60 Å². The molecule has 0 N–H and O–H groups in total. The van der Waals surface area contributed by atoms with E-state index in [2.05, 4.69) is 9.05 Å². The molecule has 0 saturated carbocycles. The van der Waals surface area contributed by atoms with E-state index in [0.717, 1.165) is 0 Å². The second kappa shape index (κ2) is 4.80. The maximum absolute atomic E-state index is 12.3. The molecule has 0 saturated heterocycles. The summed E-state index contributed by atoms with van der Waals surface area (Å²) in [6.45, 7) is 2.45. The Balaban J connectivity index is 4.51. The summed E-state index contributed by atoms with van der Waals surface area (Å²) in [5, 5.41) is 0. The Hall–Kier alpha value is 0.01000. The van der Waals surface area contributed by atoms with Crippen molar-refractivity contribution in [1.82, 2.24) is 0 Å². The number of halogens is 2. The van der Waals surface area contributed by atoms with E-state index in [1.54, 1.807) is 0 Å². The molecule has 0 aromatic rings. The van der Waals surface area contributed by atoms with E-state index < -0.39 is 13.7 Å². The molecule has 11 heavy (non-hydrogen) atoms. The summed E-state index contributed by atoms with van der Waals surface area (Å²) in [4.78, 5) is 0. The van der Waals surface area contributed by atoms with Crippen LogP contribution in [-0.2, 0) is 13.6 Å². The summed E-state index contributed by atoms with van der Waals surface area (Å²) in [5.41, 5.74) is 0. The fraction of sp³-hybridized carbons (Fsp3) is 1.00. The van der Waals surface area contributed by atoms with Gasteiger partial charge in [-0.05, 0) is 13.8 Å². The van der Waals surface area contributed by atoms with Gasteiger partial charge in [-0.3, -0.25) is 4.57 Å². The maximum Gasteiger partial charge on any atom is 0.396 e. The van der Waals surface area contributed by atoms with Gasteiger partial charge in [-0.15, -0.1) is 0 Å². The first-order valence-electron chi connectivity index (χ1n) is 3.64. The molecule has 3 nitrogen and oxygen atoms in total. The lowest BCUT2D eigenvalue weighted by molar-refractivity contribution is 0.135. The van der Waals surface area contributed by atoms with Crippen molar-refractivity contribution in [3.05, 3.63) is 0 Å². The highest BCUT2D eigenvalue weighted by atomic mass is 31.2. The lowest BCUT2D eigenvalue weighted by atomic mass is 10.9. The van der Waals surface area contributed by atoms with Crippen LogP contribution in [-0.4, -0.2) is 19.4 Å². The number of hydrogen-bond acceptors (Lipinski definition) is 3. The zero-order valence-corrected chi connectivity index (χ0v) is 7.24. The Labute approximate surface area is 65.6 Å². The molecule has 0 aromatic heterocycles. The quantitative estimate of drug-likeness (QED) is 0.623. The van der Waals surface area contributed by atoms with Crippen molar-refractivity contribution in [3.63, 3.8) is 0 Å². The average Bonchev–Trinajstić information content (AvgIpc) is 1.86. The molecule has 0 amide bonds. The van der Waals surface area contributed by atoms with Gasteiger partial charge in [-0.2, -0.15) is 8.78 Å². The minimum Gasteiger partial charge on any atom is -0.305 e. The summed E-state index contributed by atoms with van der Waals surface area (Å²) in [6, 6.07) is 0. The average molecular weight is 189 g/mol. The van der Waals surface area contributed by atoms with Crippen LogP contribution in [0.2, 0.25) is 0 Å². The Morgan fingerprint density at radius 2 is 1.82 bits per heavy atom. The smallest absolute Gasteiger partial charge is 0.305 e. The van der Waals surface area contributed by atoms with Gasteiger partial charge in [-0.25, -0.2) is 0 Å². The van der Waals surface area contributed by atoms with Gasteiger partial charge >= 0.3 is 13.7 Å². The van der Waals surface area contributed by atoms with Crippen LogP contribution in [0.25, 0.3) is 0 Å². The molecule has 0 aromatic carbocycles. The largest absolute Gasteiger partial charge is 0.396 e. The normalized spacial score (nSPS) is 14.7. The van der Waals surface area contributed by atoms with Gasteiger partial charge < -0.3 is 9.05 Å². The molecule has 68 valence electrons. The van der Waals surface area contributed by atoms with Crippen molar-refractivity contribution in [3.8, 4) is 0 Å². The van der Waals surface area contributed by atoms with E-state index in [9.17, 15) is 13.3 Å². The van der Waals surface area contributed by atoms with Gasteiger partial charge in [0.2, 0.25) is 0 Å². The summed E-state index contributed by atoms with van der Waals surface area (Å²) in [7, 11) is -4.57. The molecule has 0 spiro atoms. The van der Waals surface area contributed by atoms with Gasteiger partial charge in [-0.1, -0.05) is 0 Å². The van der Waals surface area contributed by atoms with Gasteiger partial charge in [0.25, 0.3) is 0 Å². The van der Waals surface area contributed by atoms with Crippen molar-refractivity contribution in [2.24, 2.45) is 0 Å². The third-order valence-electron chi connectivity index (χ3n) is 0.805. The lowest BCUT2D eigenvalue weighted by Crippen LogP contribution is -2.03. The molecule has 0 unspecified atom stereocenters. The van der Waals surface area contributed by atoms with Crippen molar-refractivity contribution < 1.29 is 23.8 Å². The first-order chi connectivity index (χ1) is 5.37. The summed E-state index contributed by atoms with van der Waals surface area (Å²) < 4.78 is 50.4. The number of alkyl halides is 2. The molecule has 0 aliphatic heterocycles. The van der Waals surface area contributed by atoms with E-state index in [1.165, 1.54) is 13.8 Å². The molecular formula is C5H11F2O3P. The van der Waals surface area contributed by atoms with Gasteiger partial charge in [0, 0.05) is 0 Å². The lowest BCUT2D eigenvalue weighted by Gasteiger charge is -2.14. The van der Waals surface area contributed by atoms with Gasteiger partial charge in [0.05, 0.1) is 13.2 Å². The van der Waals surface area contributed by atoms with E-state index in [-0.39, 0.29) is 13.2 Å². The van der Waals surface area contributed by atoms with Crippen molar-refractivity contribution in [1.29, 1.82) is 0 Å². The van der Waals surface area contributed by atoms with E-state index in [1.807, 2.05) is 0 Å². The van der Waals surface area contributed by atoms with Crippen LogP contribution in [0.3, 0.4) is 0 Å². The fourth-order valence-corrected chi connectivity index (χ4v) is 1.42. The standard InChI is InChI=1S/C5H11F2O3P/c1-3-9-11(8,5(6)7)10-4-2/h5H,3-4H2,1-2H3/i5D. The zero-order valence-electron chi connectivity index (χ0n) is 7.34. The SMILES string of the molecule is [2H]C(F)(F)P(=O)(OCC)OCC. The molecule has 0 fully saturated rings. The number of rotatable bonds is 5. The van der Waals surface area contributed by atoms with Crippen LogP contribution >= 0.6 is 7.60 Å². The molecule has 0 bridgehead atoms. The first kappa shape index (κ1) is 9.10. The highest BCUT2D eigenvalue weighted by Crippen LogP contribution is 2.54.